The molecule has 7 heteroatoms. The maximum Gasteiger partial charge on any atom is 0.313 e. The minimum atomic E-state index is -0.839. The van der Waals surface area contributed by atoms with Gasteiger partial charge in [-0.25, -0.2) is 0 Å². The number of aliphatic carboxylic acids is 1. The minimum Gasteiger partial charge on any atom is -0.481 e. The van der Waals surface area contributed by atoms with E-state index in [9.17, 15) is 24.0 Å². The molecule has 0 spiro atoms. The second kappa shape index (κ2) is 12.5. The minimum absolute atomic E-state index is 0.0307. The largest absolute Gasteiger partial charge is 0.481 e. The molecule has 0 aromatic rings. The van der Waals surface area contributed by atoms with Crippen LogP contribution in [0.25, 0.3) is 0 Å². The van der Waals surface area contributed by atoms with Crippen molar-refractivity contribution in [1.29, 1.82) is 0 Å². The van der Waals surface area contributed by atoms with E-state index < -0.39 is 17.9 Å². The topological polar surface area (TPSA) is 115 Å². The molecule has 0 heterocycles. The number of Topliss-reactive ketones (excluding diaryl/α,β-unsaturated/α-hetero) is 2. The summed E-state index contributed by atoms with van der Waals surface area (Å²) in [6.45, 7) is 7.64. The lowest BCUT2D eigenvalue weighted by molar-refractivity contribution is -0.158. The van der Waals surface area contributed by atoms with E-state index in [1.165, 1.54) is 20.8 Å². The van der Waals surface area contributed by atoms with Crippen molar-refractivity contribution in [3.8, 4) is 0 Å². The Morgan fingerprint density at radius 3 is 1.48 bits per heavy atom. The summed E-state index contributed by atoms with van der Waals surface area (Å²) in [6, 6.07) is 0. The van der Waals surface area contributed by atoms with E-state index in [1.54, 1.807) is 13.8 Å². The molecule has 0 bridgehead atoms. The van der Waals surface area contributed by atoms with Crippen LogP contribution in [0.1, 0.15) is 60.3 Å². The fourth-order valence-corrected chi connectivity index (χ4v) is 1.91. The predicted molar refractivity (Wildman–Crippen MR) is 82.6 cm³/mol. The number of carboxylic acids is 1. The van der Waals surface area contributed by atoms with E-state index in [0.717, 1.165) is 0 Å². The molecule has 0 aromatic heterocycles. The molecule has 2 atom stereocenters. The van der Waals surface area contributed by atoms with Crippen LogP contribution in [0.15, 0.2) is 0 Å². The quantitative estimate of drug-likeness (QED) is 0.535. The number of hydrogen-bond acceptors (Lipinski definition) is 6. The normalized spacial score (nSPS) is 12.2. The Morgan fingerprint density at radius 1 is 0.783 bits per heavy atom. The third kappa shape index (κ3) is 19.9. The summed E-state index contributed by atoms with van der Waals surface area (Å²) in [4.78, 5) is 52.4. The molecule has 0 aromatic carbocycles. The zero-order chi connectivity index (χ0) is 18.6. The van der Waals surface area contributed by atoms with Crippen LogP contribution < -0.4 is 0 Å². The SMILES string of the molecule is CC(=O)C[C@H](C)CC(=O)O.CC(=O)C[C@H](C)CC(=O)OC(C)=O. The van der Waals surface area contributed by atoms with Crippen LogP contribution in [0.5, 0.6) is 0 Å². The molecule has 23 heavy (non-hydrogen) atoms. The number of carbonyl (C=O) groups is 5. The lowest BCUT2D eigenvalue weighted by Gasteiger charge is -2.06. The Morgan fingerprint density at radius 2 is 1.17 bits per heavy atom. The van der Waals surface area contributed by atoms with Crippen LogP contribution in [0, 0.1) is 11.8 Å². The van der Waals surface area contributed by atoms with E-state index in [4.69, 9.17) is 5.11 Å². The van der Waals surface area contributed by atoms with Gasteiger partial charge in [0.05, 0.1) is 0 Å². The number of carboxylic acid groups (broad SMARTS) is 1. The van der Waals surface area contributed by atoms with Gasteiger partial charge in [0.2, 0.25) is 0 Å². The van der Waals surface area contributed by atoms with E-state index in [1.807, 2.05) is 0 Å². The molecule has 132 valence electrons. The van der Waals surface area contributed by atoms with Gasteiger partial charge >= 0.3 is 17.9 Å². The van der Waals surface area contributed by atoms with Gasteiger partial charge in [-0.15, -0.1) is 0 Å². The number of hydrogen-bond donors (Lipinski definition) is 1. The fourth-order valence-electron chi connectivity index (χ4n) is 1.91. The summed E-state index contributed by atoms with van der Waals surface area (Å²) >= 11 is 0. The molecule has 0 aliphatic heterocycles. The van der Waals surface area contributed by atoms with Crippen molar-refractivity contribution in [3.63, 3.8) is 0 Å². The highest BCUT2D eigenvalue weighted by atomic mass is 16.6. The maximum absolute atomic E-state index is 10.9. The first-order valence-corrected chi connectivity index (χ1v) is 7.35. The Balaban J connectivity index is 0. The molecule has 0 rings (SSSR count). The van der Waals surface area contributed by atoms with Gasteiger partial charge in [0.15, 0.2) is 0 Å². The van der Waals surface area contributed by atoms with E-state index in [2.05, 4.69) is 4.74 Å². The summed E-state index contributed by atoms with van der Waals surface area (Å²) in [7, 11) is 0. The molecule has 0 fully saturated rings. The molecular weight excluding hydrogens is 304 g/mol. The smallest absolute Gasteiger partial charge is 0.313 e. The van der Waals surface area contributed by atoms with Crippen LogP contribution in [0.3, 0.4) is 0 Å². The average molecular weight is 330 g/mol. The van der Waals surface area contributed by atoms with Crippen molar-refractivity contribution in [3.05, 3.63) is 0 Å². The Labute approximate surface area is 136 Å². The fraction of sp³-hybridized carbons (Fsp3) is 0.688. The van der Waals surface area contributed by atoms with Gasteiger partial charge < -0.3 is 19.4 Å². The second-order valence-corrected chi connectivity index (χ2v) is 5.79. The molecule has 0 aliphatic rings. The van der Waals surface area contributed by atoms with Crippen LogP contribution in [0.2, 0.25) is 0 Å². The second-order valence-electron chi connectivity index (χ2n) is 5.79. The van der Waals surface area contributed by atoms with Crippen molar-refractivity contribution in [2.24, 2.45) is 11.8 Å². The zero-order valence-electron chi connectivity index (χ0n) is 14.4. The van der Waals surface area contributed by atoms with Crippen molar-refractivity contribution in [2.45, 2.75) is 60.3 Å². The Hall–Kier alpha value is -2.05. The van der Waals surface area contributed by atoms with Crippen LogP contribution in [0.4, 0.5) is 0 Å². The first-order valence-electron chi connectivity index (χ1n) is 7.35. The highest BCUT2D eigenvalue weighted by molar-refractivity contribution is 5.84. The summed E-state index contributed by atoms with van der Waals surface area (Å²) in [5.74, 6) is -2.04. The molecule has 1 N–H and O–H groups in total. The summed E-state index contributed by atoms with van der Waals surface area (Å²) < 4.78 is 4.31. The van der Waals surface area contributed by atoms with Crippen molar-refractivity contribution in [1.82, 2.24) is 0 Å². The Kier molecular flexibility index (Phi) is 12.6. The van der Waals surface area contributed by atoms with Crippen LogP contribution in [-0.2, 0) is 28.7 Å². The molecule has 0 amide bonds. The third-order valence-electron chi connectivity index (χ3n) is 2.57. The first kappa shape index (κ1) is 23.2. The number of esters is 2. The first-order chi connectivity index (χ1) is 10.4. The van der Waals surface area contributed by atoms with Crippen LogP contribution >= 0.6 is 0 Å². The number of rotatable bonds is 8. The third-order valence-corrected chi connectivity index (χ3v) is 2.57. The molecule has 0 saturated carbocycles. The van der Waals surface area contributed by atoms with Crippen molar-refractivity contribution >= 4 is 29.5 Å². The van der Waals surface area contributed by atoms with Gasteiger partial charge in [0.25, 0.3) is 0 Å². The lowest BCUT2D eigenvalue weighted by atomic mass is 10.0. The van der Waals surface area contributed by atoms with Gasteiger partial charge in [-0.1, -0.05) is 13.8 Å². The highest BCUT2D eigenvalue weighted by Crippen LogP contribution is 2.09. The number of ketones is 2. The van der Waals surface area contributed by atoms with Crippen molar-refractivity contribution < 1.29 is 33.8 Å². The van der Waals surface area contributed by atoms with Crippen molar-refractivity contribution in [2.75, 3.05) is 0 Å². The van der Waals surface area contributed by atoms with E-state index >= 15 is 0 Å². The van der Waals surface area contributed by atoms with Gasteiger partial charge in [0, 0.05) is 32.6 Å². The lowest BCUT2D eigenvalue weighted by Crippen LogP contribution is -2.14. The number of ether oxygens (including phenoxy) is 1. The van der Waals surface area contributed by atoms with E-state index in [-0.39, 0.29) is 36.2 Å². The monoisotopic (exact) mass is 330 g/mol. The van der Waals surface area contributed by atoms with Gasteiger partial charge in [-0.3, -0.25) is 14.4 Å². The standard InChI is InChI=1S/C9H14O4.C7H12O3/c1-6(4-7(2)10)5-9(12)13-8(3)11;1-5(3-6(2)8)4-7(9)10/h6H,4-5H2,1-3H3;5H,3-4H2,1-2H3,(H,9,10)/t6-;5-/m00/s1. The van der Waals surface area contributed by atoms with Gasteiger partial charge in [-0.05, 0) is 25.7 Å². The highest BCUT2D eigenvalue weighted by Gasteiger charge is 2.13. The molecule has 0 aliphatic carbocycles. The maximum atomic E-state index is 10.9. The Bertz CT molecular complexity index is 424. The molecule has 0 radical (unpaired) electrons. The van der Waals surface area contributed by atoms with Gasteiger partial charge in [0.1, 0.15) is 11.6 Å². The van der Waals surface area contributed by atoms with E-state index in [0.29, 0.717) is 12.8 Å². The molecular formula is C16H26O7. The van der Waals surface area contributed by atoms with Gasteiger partial charge in [-0.2, -0.15) is 0 Å². The average Bonchev–Trinajstić information content (AvgIpc) is 2.23. The molecule has 0 unspecified atom stereocenters. The summed E-state index contributed by atoms with van der Waals surface area (Å²) in [5.41, 5.74) is 0. The zero-order valence-corrected chi connectivity index (χ0v) is 14.4. The summed E-state index contributed by atoms with van der Waals surface area (Å²) in [5, 5.41) is 8.29. The van der Waals surface area contributed by atoms with Crippen LogP contribution in [-0.4, -0.2) is 34.6 Å². The number of carbonyl (C=O) groups excluding carboxylic acids is 4. The molecule has 7 nitrogen and oxygen atoms in total. The predicted octanol–water partition coefficient (Wildman–Crippen LogP) is 2.16. The summed E-state index contributed by atoms with van der Waals surface area (Å²) in [6.07, 6.45) is 0.901. The molecule has 0 saturated heterocycles.